The molecule has 6 nitrogen and oxygen atoms in total. The SMILES string of the molecule is CCC(C)C1(C(=O)O)NC(c2ccccc2C)C2C(=O)N(C3CCCCC3)C(=O)C21. The van der Waals surface area contributed by atoms with Gasteiger partial charge in [0.2, 0.25) is 11.8 Å². The van der Waals surface area contributed by atoms with Crippen LogP contribution in [0.5, 0.6) is 0 Å². The minimum Gasteiger partial charge on any atom is -0.480 e. The average Bonchev–Trinajstić information content (AvgIpc) is 3.23. The molecule has 0 radical (unpaired) electrons. The van der Waals surface area contributed by atoms with Gasteiger partial charge < -0.3 is 5.11 Å². The Morgan fingerprint density at radius 1 is 1.20 bits per heavy atom. The van der Waals surface area contributed by atoms with E-state index < -0.39 is 29.4 Å². The van der Waals surface area contributed by atoms with Crippen LogP contribution in [-0.2, 0) is 14.4 Å². The number of fused-ring (bicyclic) bond motifs is 1. The van der Waals surface area contributed by atoms with Crippen molar-refractivity contribution in [2.24, 2.45) is 17.8 Å². The van der Waals surface area contributed by atoms with Gasteiger partial charge in [0.1, 0.15) is 5.54 Å². The Kier molecular flexibility index (Phi) is 5.47. The minimum absolute atomic E-state index is 0.0923. The lowest BCUT2D eigenvalue weighted by atomic mass is 9.71. The number of carboxylic acids is 1. The number of benzene rings is 1. The van der Waals surface area contributed by atoms with E-state index in [1.165, 1.54) is 4.90 Å². The first-order chi connectivity index (χ1) is 14.3. The Labute approximate surface area is 178 Å². The number of likely N-dealkylation sites (tertiary alicyclic amines) is 1. The van der Waals surface area contributed by atoms with Crippen LogP contribution in [0.2, 0.25) is 0 Å². The molecule has 0 bridgehead atoms. The van der Waals surface area contributed by atoms with Gasteiger partial charge in [-0.05, 0) is 36.8 Å². The van der Waals surface area contributed by atoms with Gasteiger partial charge >= 0.3 is 5.97 Å². The maximum Gasteiger partial charge on any atom is 0.325 e. The van der Waals surface area contributed by atoms with Crippen LogP contribution >= 0.6 is 0 Å². The quantitative estimate of drug-likeness (QED) is 0.724. The fourth-order valence-electron chi connectivity index (χ4n) is 6.05. The van der Waals surface area contributed by atoms with Crippen LogP contribution in [-0.4, -0.2) is 39.4 Å². The zero-order chi connectivity index (χ0) is 21.6. The molecule has 0 spiro atoms. The van der Waals surface area contributed by atoms with E-state index in [4.69, 9.17) is 0 Å². The lowest BCUT2D eigenvalue weighted by molar-refractivity contribution is -0.155. The first kappa shape index (κ1) is 21.0. The molecule has 2 heterocycles. The largest absolute Gasteiger partial charge is 0.480 e. The minimum atomic E-state index is -1.44. The van der Waals surface area contributed by atoms with Crippen molar-refractivity contribution in [1.82, 2.24) is 10.2 Å². The molecule has 4 rings (SSSR count). The van der Waals surface area contributed by atoms with E-state index in [9.17, 15) is 19.5 Å². The summed E-state index contributed by atoms with van der Waals surface area (Å²) in [7, 11) is 0. The molecule has 2 aliphatic heterocycles. The van der Waals surface area contributed by atoms with Gasteiger partial charge in [-0.15, -0.1) is 0 Å². The number of aliphatic carboxylic acids is 1. The van der Waals surface area contributed by atoms with E-state index in [0.29, 0.717) is 6.42 Å². The van der Waals surface area contributed by atoms with Crippen LogP contribution < -0.4 is 5.32 Å². The number of aryl methyl sites for hydroxylation is 1. The van der Waals surface area contributed by atoms with Gasteiger partial charge in [0.15, 0.2) is 0 Å². The molecular weight excluding hydrogens is 380 g/mol. The van der Waals surface area contributed by atoms with Gasteiger partial charge in [-0.25, -0.2) is 0 Å². The molecule has 0 aromatic heterocycles. The highest BCUT2D eigenvalue weighted by atomic mass is 16.4. The van der Waals surface area contributed by atoms with Crippen molar-refractivity contribution in [1.29, 1.82) is 0 Å². The fourth-order valence-corrected chi connectivity index (χ4v) is 6.05. The summed E-state index contributed by atoms with van der Waals surface area (Å²) in [6.45, 7) is 5.78. The smallest absolute Gasteiger partial charge is 0.325 e. The number of hydrogen-bond donors (Lipinski definition) is 2. The zero-order valence-electron chi connectivity index (χ0n) is 18.1. The highest BCUT2D eigenvalue weighted by Gasteiger charge is 2.70. The number of rotatable bonds is 5. The zero-order valence-corrected chi connectivity index (χ0v) is 18.1. The fraction of sp³-hybridized carbons (Fsp3) is 0.625. The van der Waals surface area contributed by atoms with Gasteiger partial charge in [0.25, 0.3) is 0 Å². The normalized spacial score (nSPS) is 33.0. The Hall–Kier alpha value is -2.21. The highest BCUT2D eigenvalue weighted by Crippen LogP contribution is 2.53. The summed E-state index contributed by atoms with van der Waals surface area (Å²) in [4.78, 5) is 41.6. The third kappa shape index (κ3) is 2.91. The van der Waals surface area contributed by atoms with Crippen LogP contribution in [0.25, 0.3) is 0 Å². The second kappa shape index (κ2) is 7.80. The molecule has 1 saturated carbocycles. The van der Waals surface area contributed by atoms with Crippen molar-refractivity contribution in [3.8, 4) is 0 Å². The first-order valence-corrected chi connectivity index (χ1v) is 11.3. The molecule has 1 aromatic carbocycles. The monoisotopic (exact) mass is 412 g/mol. The molecule has 3 fully saturated rings. The summed E-state index contributed by atoms with van der Waals surface area (Å²) in [6, 6.07) is 7.18. The molecule has 1 aromatic rings. The number of carboxylic acid groups (broad SMARTS) is 1. The van der Waals surface area contributed by atoms with Crippen molar-refractivity contribution in [3.05, 3.63) is 35.4 Å². The Bertz CT molecular complexity index is 863. The predicted octanol–water partition coefficient (Wildman–Crippen LogP) is 3.44. The predicted molar refractivity (Wildman–Crippen MR) is 113 cm³/mol. The summed E-state index contributed by atoms with van der Waals surface area (Å²) in [5.41, 5.74) is 0.462. The summed E-state index contributed by atoms with van der Waals surface area (Å²) in [5, 5.41) is 13.7. The average molecular weight is 413 g/mol. The van der Waals surface area contributed by atoms with Gasteiger partial charge in [-0.1, -0.05) is 63.8 Å². The highest BCUT2D eigenvalue weighted by molar-refractivity contribution is 6.09. The third-order valence-corrected chi connectivity index (χ3v) is 7.84. The van der Waals surface area contributed by atoms with Crippen LogP contribution in [0.3, 0.4) is 0 Å². The summed E-state index contributed by atoms with van der Waals surface area (Å²) >= 11 is 0. The molecule has 5 unspecified atom stereocenters. The number of nitrogens with one attached hydrogen (secondary N) is 1. The van der Waals surface area contributed by atoms with Crippen LogP contribution in [0.4, 0.5) is 0 Å². The molecule has 5 atom stereocenters. The first-order valence-electron chi connectivity index (χ1n) is 11.3. The number of nitrogens with zero attached hydrogens (tertiary/aromatic N) is 1. The Morgan fingerprint density at radius 3 is 2.47 bits per heavy atom. The Balaban J connectivity index is 1.84. The van der Waals surface area contributed by atoms with Gasteiger partial charge in [-0.2, -0.15) is 0 Å². The molecule has 2 saturated heterocycles. The Morgan fingerprint density at radius 2 is 1.87 bits per heavy atom. The third-order valence-electron chi connectivity index (χ3n) is 7.84. The second-order valence-electron chi connectivity index (χ2n) is 9.30. The van der Waals surface area contributed by atoms with Crippen LogP contribution in [0.15, 0.2) is 24.3 Å². The van der Waals surface area contributed by atoms with Crippen LogP contribution in [0.1, 0.15) is 69.5 Å². The van der Waals surface area contributed by atoms with E-state index in [2.05, 4.69) is 5.32 Å². The number of carbonyl (C=O) groups is 3. The van der Waals surface area contributed by atoms with E-state index >= 15 is 0 Å². The van der Waals surface area contributed by atoms with Crippen molar-refractivity contribution >= 4 is 17.8 Å². The van der Waals surface area contributed by atoms with Gasteiger partial charge in [0, 0.05) is 12.1 Å². The maximum atomic E-state index is 13.7. The number of amides is 2. The molecule has 3 aliphatic rings. The molecule has 30 heavy (non-hydrogen) atoms. The van der Waals surface area contributed by atoms with Gasteiger partial charge in [0.05, 0.1) is 11.8 Å². The molecule has 1 aliphatic carbocycles. The van der Waals surface area contributed by atoms with E-state index in [-0.39, 0.29) is 23.8 Å². The van der Waals surface area contributed by atoms with Gasteiger partial charge in [-0.3, -0.25) is 24.6 Å². The molecule has 2 amide bonds. The topological polar surface area (TPSA) is 86.7 Å². The van der Waals surface area contributed by atoms with E-state index in [1.807, 2.05) is 45.0 Å². The van der Waals surface area contributed by atoms with Crippen molar-refractivity contribution in [3.63, 3.8) is 0 Å². The second-order valence-corrected chi connectivity index (χ2v) is 9.30. The maximum absolute atomic E-state index is 13.7. The summed E-state index contributed by atoms with van der Waals surface area (Å²) < 4.78 is 0. The van der Waals surface area contributed by atoms with E-state index in [0.717, 1.165) is 43.2 Å². The molecule has 6 heteroatoms. The van der Waals surface area contributed by atoms with Crippen LogP contribution in [0, 0.1) is 24.7 Å². The summed E-state index contributed by atoms with van der Waals surface area (Å²) in [5.74, 6) is -3.35. The van der Waals surface area contributed by atoms with Crippen molar-refractivity contribution in [2.75, 3.05) is 0 Å². The standard InChI is InChI=1S/C24H32N2O4/c1-4-15(3)24(23(29)30)19-18(20(25-24)17-13-9-8-10-14(17)2)21(27)26(22(19)28)16-11-6-5-7-12-16/h8-10,13,15-16,18-20,25H,4-7,11-12H2,1-3H3,(H,29,30). The molecule has 2 N–H and O–H groups in total. The number of imide groups is 1. The number of carbonyl (C=O) groups excluding carboxylic acids is 2. The van der Waals surface area contributed by atoms with E-state index in [1.54, 1.807) is 0 Å². The summed E-state index contributed by atoms with van der Waals surface area (Å²) in [6.07, 6.45) is 5.39. The molecular formula is C24H32N2O4. The number of hydrogen-bond acceptors (Lipinski definition) is 4. The van der Waals surface area contributed by atoms with Crippen molar-refractivity contribution in [2.45, 2.75) is 76.9 Å². The molecule has 162 valence electrons. The lowest BCUT2D eigenvalue weighted by Gasteiger charge is -2.37. The lowest BCUT2D eigenvalue weighted by Crippen LogP contribution is -2.60. The van der Waals surface area contributed by atoms with Crippen molar-refractivity contribution < 1.29 is 19.5 Å².